The fourth-order valence-electron chi connectivity index (χ4n) is 1.47. The summed E-state index contributed by atoms with van der Waals surface area (Å²) < 4.78 is 24.6. The number of carboxylic acid groups (broad SMARTS) is 1. The van der Waals surface area contributed by atoms with Crippen LogP contribution in [0.2, 0.25) is 0 Å². The van der Waals surface area contributed by atoms with Crippen LogP contribution in [0.3, 0.4) is 0 Å². The van der Waals surface area contributed by atoms with Gasteiger partial charge in [0.2, 0.25) is 0 Å². The number of hydrogen-bond acceptors (Lipinski definition) is 2. The number of rotatable bonds is 7. The zero-order chi connectivity index (χ0) is 15.0. The molecule has 0 saturated carbocycles. The van der Waals surface area contributed by atoms with Crippen molar-refractivity contribution in [1.82, 2.24) is 10.6 Å². The second kappa shape index (κ2) is 8.08. The fraction of sp³-hybridized carbons (Fsp3) is 0.385. The van der Waals surface area contributed by atoms with E-state index in [4.69, 9.17) is 5.11 Å². The van der Waals surface area contributed by atoms with Gasteiger partial charge in [-0.05, 0) is 12.0 Å². The van der Waals surface area contributed by atoms with E-state index >= 15 is 0 Å². The molecule has 0 aliphatic rings. The lowest BCUT2D eigenvalue weighted by Gasteiger charge is -2.07. The van der Waals surface area contributed by atoms with Gasteiger partial charge in [-0.2, -0.15) is 0 Å². The Morgan fingerprint density at radius 3 is 2.35 bits per heavy atom. The molecule has 0 spiro atoms. The van der Waals surface area contributed by atoms with Crippen molar-refractivity contribution in [2.45, 2.75) is 25.8 Å². The van der Waals surface area contributed by atoms with Crippen LogP contribution in [-0.2, 0) is 11.3 Å². The number of halogens is 2. The van der Waals surface area contributed by atoms with Gasteiger partial charge in [-0.15, -0.1) is 0 Å². The summed E-state index contributed by atoms with van der Waals surface area (Å²) >= 11 is 0. The highest BCUT2D eigenvalue weighted by Crippen LogP contribution is 2.18. The number of aliphatic carboxylic acids is 1. The van der Waals surface area contributed by atoms with Gasteiger partial charge in [-0.25, -0.2) is 13.6 Å². The van der Waals surface area contributed by atoms with Crippen molar-refractivity contribution in [3.05, 3.63) is 35.4 Å². The number of benzene rings is 1. The van der Waals surface area contributed by atoms with Gasteiger partial charge in [-0.1, -0.05) is 24.3 Å². The Bertz CT molecular complexity index is 449. The van der Waals surface area contributed by atoms with Crippen molar-refractivity contribution < 1.29 is 23.5 Å². The maximum absolute atomic E-state index is 12.3. The molecule has 0 atom stereocenters. The molecule has 20 heavy (non-hydrogen) atoms. The summed E-state index contributed by atoms with van der Waals surface area (Å²) in [4.78, 5) is 21.6. The summed E-state index contributed by atoms with van der Waals surface area (Å²) in [5, 5.41) is 13.5. The first-order chi connectivity index (χ1) is 9.49. The molecule has 7 heteroatoms. The van der Waals surface area contributed by atoms with Crippen molar-refractivity contribution in [1.29, 1.82) is 0 Å². The number of carboxylic acids is 1. The monoisotopic (exact) mass is 286 g/mol. The SMILES string of the molecule is O=C(O)CCCNC(=O)NCc1ccc(C(F)F)cc1. The Labute approximate surface area is 115 Å². The molecule has 5 nitrogen and oxygen atoms in total. The van der Waals surface area contributed by atoms with Crippen molar-refractivity contribution >= 4 is 12.0 Å². The van der Waals surface area contributed by atoms with Crippen LogP contribution in [0, 0.1) is 0 Å². The molecule has 0 aliphatic heterocycles. The third-order valence-electron chi connectivity index (χ3n) is 2.54. The minimum absolute atomic E-state index is 0.00459. The van der Waals surface area contributed by atoms with E-state index in [0.29, 0.717) is 12.0 Å². The average molecular weight is 286 g/mol. The second-order valence-electron chi connectivity index (χ2n) is 4.15. The van der Waals surface area contributed by atoms with Crippen LogP contribution in [-0.4, -0.2) is 23.7 Å². The van der Waals surface area contributed by atoms with Crippen LogP contribution in [0.15, 0.2) is 24.3 Å². The summed E-state index contributed by atoms with van der Waals surface area (Å²) in [5.74, 6) is -0.911. The number of carbonyl (C=O) groups is 2. The average Bonchev–Trinajstić information content (AvgIpc) is 2.41. The molecular weight excluding hydrogens is 270 g/mol. The lowest BCUT2D eigenvalue weighted by atomic mass is 10.1. The van der Waals surface area contributed by atoms with E-state index < -0.39 is 18.4 Å². The van der Waals surface area contributed by atoms with E-state index in [9.17, 15) is 18.4 Å². The molecule has 3 N–H and O–H groups in total. The zero-order valence-corrected chi connectivity index (χ0v) is 10.7. The summed E-state index contributed by atoms with van der Waals surface area (Å²) in [7, 11) is 0. The molecule has 0 radical (unpaired) electrons. The quantitative estimate of drug-likeness (QED) is 0.673. The fourth-order valence-corrected chi connectivity index (χ4v) is 1.47. The van der Waals surface area contributed by atoms with Gasteiger partial charge in [0.1, 0.15) is 0 Å². The molecule has 1 rings (SSSR count). The molecular formula is C13H16F2N2O3. The smallest absolute Gasteiger partial charge is 0.315 e. The summed E-state index contributed by atoms with van der Waals surface area (Å²) in [6, 6.07) is 5.24. The van der Waals surface area contributed by atoms with Crippen LogP contribution >= 0.6 is 0 Å². The van der Waals surface area contributed by atoms with Gasteiger partial charge in [-0.3, -0.25) is 4.79 Å². The summed E-state index contributed by atoms with van der Waals surface area (Å²) in [6.07, 6.45) is -2.16. The van der Waals surface area contributed by atoms with Gasteiger partial charge in [0.05, 0.1) is 0 Å². The van der Waals surface area contributed by atoms with Crippen LogP contribution in [0.5, 0.6) is 0 Å². The molecule has 2 amide bonds. The Balaban J connectivity index is 2.25. The molecule has 110 valence electrons. The first-order valence-corrected chi connectivity index (χ1v) is 6.09. The van der Waals surface area contributed by atoms with Gasteiger partial charge in [0.15, 0.2) is 0 Å². The highest BCUT2D eigenvalue weighted by molar-refractivity contribution is 5.73. The summed E-state index contributed by atoms with van der Waals surface area (Å²) in [5.41, 5.74) is 0.641. The standard InChI is InChI=1S/C13H16F2N2O3/c14-12(15)10-5-3-9(4-6-10)8-17-13(20)16-7-1-2-11(18)19/h3-6,12H,1-2,7-8H2,(H,18,19)(H2,16,17,20). The number of hydrogen-bond donors (Lipinski definition) is 3. The molecule has 0 fully saturated rings. The van der Waals surface area contributed by atoms with Gasteiger partial charge in [0, 0.05) is 25.1 Å². The van der Waals surface area contributed by atoms with Gasteiger partial charge < -0.3 is 15.7 Å². The number of alkyl halides is 2. The van der Waals surface area contributed by atoms with Gasteiger partial charge >= 0.3 is 12.0 Å². The molecule has 0 bridgehead atoms. The predicted molar refractivity (Wildman–Crippen MR) is 68.5 cm³/mol. The summed E-state index contributed by atoms with van der Waals surface area (Å²) in [6.45, 7) is 0.483. The first kappa shape index (κ1) is 15.9. The van der Waals surface area contributed by atoms with E-state index in [1.54, 1.807) is 0 Å². The van der Waals surface area contributed by atoms with E-state index in [-0.39, 0.29) is 25.1 Å². The molecule has 0 aliphatic carbocycles. The normalized spacial score (nSPS) is 10.3. The number of carbonyl (C=O) groups excluding carboxylic acids is 1. The molecule has 0 aromatic heterocycles. The van der Waals surface area contributed by atoms with Crippen molar-refractivity contribution in [2.24, 2.45) is 0 Å². The maximum atomic E-state index is 12.3. The topological polar surface area (TPSA) is 78.4 Å². The number of nitrogens with one attached hydrogen (secondary N) is 2. The Kier molecular flexibility index (Phi) is 6.42. The lowest BCUT2D eigenvalue weighted by Crippen LogP contribution is -2.35. The second-order valence-corrected chi connectivity index (χ2v) is 4.15. The molecule has 0 unspecified atom stereocenters. The van der Waals surface area contributed by atoms with Crippen LogP contribution in [0.4, 0.5) is 13.6 Å². The lowest BCUT2D eigenvalue weighted by molar-refractivity contribution is -0.137. The molecule has 0 heterocycles. The Morgan fingerprint density at radius 2 is 1.80 bits per heavy atom. The first-order valence-electron chi connectivity index (χ1n) is 6.09. The molecule has 1 aromatic carbocycles. The van der Waals surface area contributed by atoms with Crippen LogP contribution in [0.25, 0.3) is 0 Å². The minimum atomic E-state index is -2.51. The molecule has 1 aromatic rings. The highest BCUT2D eigenvalue weighted by atomic mass is 19.3. The maximum Gasteiger partial charge on any atom is 0.315 e. The van der Waals surface area contributed by atoms with Crippen LogP contribution in [0.1, 0.15) is 30.4 Å². The highest BCUT2D eigenvalue weighted by Gasteiger charge is 2.06. The third-order valence-corrected chi connectivity index (χ3v) is 2.54. The van der Waals surface area contributed by atoms with E-state index in [0.717, 1.165) is 0 Å². The third kappa shape index (κ3) is 6.12. The van der Waals surface area contributed by atoms with Crippen molar-refractivity contribution in [3.8, 4) is 0 Å². The van der Waals surface area contributed by atoms with Crippen LogP contribution < -0.4 is 10.6 Å². The molecule has 0 saturated heterocycles. The zero-order valence-electron chi connectivity index (χ0n) is 10.7. The number of amides is 2. The predicted octanol–water partition coefficient (Wildman–Crippen LogP) is 2.29. The van der Waals surface area contributed by atoms with Crippen molar-refractivity contribution in [3.63, 3.8) is 0 Å². The van der Waals surface area contributed by atoms with E-state index in [1.807, 2.05) is 0 Å². The van der Waals surface area contributed by atoms with Gasteiger partial charge in [0.25, 0.3) is 6.43 Å². The van der Waals surface area contributed by atoms with E-state index in [1.165, 1.54) is 24.3 Å². The minimum Gasteiger partial charge on any atom is -0.481 e. The largest absolute Gasteiger partial charge is 0.481 e. The van der Waals surface area contributed by atoms with Crippen molar-refractivity contribution in [2.75, 3.05) is 6.54 Å². The Morgan fingerprint density at radius 1 is 1.15 bits per heavy atom. The Hall–Kier alpha value is -2.18. The van der Waals surface area contributed by atoms with E-state index in [2.05, 4.69) is 10.6 Å². The number of urea groups is 1.